The molecule has 0 aromatic carbocycles. The summed E-state index contributed by atoms with van der Waals surface area (Å²) in [6.45, 7) is 8.68. The summed E-state index contributed by atoms with van der Waals surface area (Å²) < 4.78 is 5.68. The van der Waals surface area contributed by atoms with E-state index in [1.165, 1.54) is 5.57 Å². The van der Waals surface area contributed by atoms with Crippen LogP contribution in [0.2, 0.25) is 0 Å². The molecule has 1 aliphatic carbocycles. The monoisotopic (exact) mass is 236 g/mol. The van der Waals surface area contributed by atoms with Gasteiger partial charge in [0.05, 0.1) is 11.7 Å². The number of fused-ring (bicyclic) bond motifs is 1. The Labute approximate surface area is 104 Å². The maximum Gasteiger partial charge on any atom is 0.113 e. The number of hydrogen-bond acceptors (Lipinski definition) is 2. The van der Waals surface area contributed by atoms with Crippen LogP contribution in [0, 0.1) is 5.41 Å². The van der Waals surface area contributed by atoms with Gasteiger partial charge < -0.3 is 9.84 Å². The zero-order valence-electron chi connectivity index (χ0n) is 11.4. The van der Waals surface area contributed by atoms with Crippen LogP contribution < -0.4 is 0 Å². The highest BCUT2D eigenvalue weighted by molar-refractivity contribution is 5.14. The van der Waals surface area contributed by atoms with Crippen molar-refractivity contribution in [3.8, 4) is 0 Å². The Kier molecular flexibility index (Phi) is 3.21. The predicted molar refractivity (Wildman–Crippen MR) is 69.8 cm³/mol. The van der Waals surface area contributed by atoms with Gasteiger partial charge in [-0.1, -0.05) is 37.6 Å². The second-order valence-electron chi connectivity index (χ2n) is 6.47. The van der Waals surface area contributed by atoms with Crippen molar-refractivity contribution in [3.63, 3.8) is 0 Å². The topological polar surface area (TPSA) is 32.8 Å². The number of epoxide rings is 1. The van der Waals surface area contributed by atoms with Gasteiger partial charge in [0.25, 0.3) is 0 Å². The standard InChI is InChI=1S/C15H24O2/c1-11-6-9-14(2,3)7-5-8-15(4)13(17-15)12(16)10-11/h5-7,12-13,16H,8-10H2,1-4H3/b7-5+,11-6+/t12?,13-,15-/m1/s1. The third kappa shape index (κ3) is 2.99. The first-order valence-electron chi connectivity index (χ1n) is 6.52. The Morgan fingerprint density at radius 2 is 2.00 bits per heavy atom. The van der Waals surface area contributed by atoms with Crippen LogP contribution in [0.3, 0.4) is 0 Å². The molecule has 2 rings (SSSR count). The van der Waals surface area contributed by atoms with Crippen molar-refractivity contribution < 1.29 is 9.84 Å². The summed E-state index contributed by atoms with van der Waals surface area (Å²) in [5.74, 6) is 0. The van der Waals surface area contributed by atoms with Crippen LogP contribution in [-0.4, -0.2) is 22.9 Å². The van der Waals surface area contributed by atoms with Crippen LogP contribution in [0.25, 0.3) is 0 Å². The first-order valence-corrected chi connectivity index (χ1v) is 6.52. The minimum Gasteiger partial charge on any atom is -0.390 e. The summed E-state index contributed by atoms with van der Waals surface area (Å²) in [6, 6.07) is 0. The molecule has 1 fully saturated rings. The Morgan fingerprint density at radius 1 is 1.29 bits per heavy atom. The molecule has 1 N–H and O–H groups in total. The molecular formula is C15H24O2. The van der Waals surface area contributed by atoms with Gasteiger partial charge in [-0.2, -0.15) is 0 Å². The van der Waals surface area contributed by atoms with Gasteiger partial charge in [0.15, 0.2) is 0 Å². The number of allylic oxidation sites excluding steroid dienone is 2. The van der Waals surface area contributed by atoms with Crippen LogP contribution in [0.15, 0.2) is 23.8 Å². The van der Waals surface area contributed by atoms with Crippen molar-refractivity contribution in [3.05, 3.63) is 23.8 Å². The van der Waals surface area contributed by atoms with Crippen molar-refractivity contribution in [2.45, 2.75) is 64.8 Å². The third-order valence-electron chi connectivity index (χ3n) is 3.89. The maximum atomic E-state index is 10.1. The average Bonchev–Trinajstić information content (AvgIpc) is 2.87. The van der Waals surface area contributed by atoms with E-state index >= 15 is 0 Å². The molecule has 0 aromatic rings. The number of ether oxygens (including phenoxy) is 1. The lowest BCUT2D eigenvalue weighted by molar-refractivity contribution is 0.135. The minimum absolute atomic E-state index is 0.0108. The first kappa shape index (κ1) is 12.8. The smallest absolute Gasteiger partial charge is 0.113 e. The van der Waals surface area contributed by atoms with E-state index in [9.17, 15) is 5.11 Å². The SMILES string of the molecule is C/C1=C\CC(C)(C)/C=C/C[C@@]2(C)O[C@@H]2C(O)C1. The van der Waals surface area contributed by atoms with Gasteiger partial charge in [-0.05, 0) is 38.5 Å². The fraction of sp³-hybridized carbons (Fsp3) is 0.733. The van der Waals surface area contributed by atoms with Crippen LogP contribution in [0.4, 0.5) is 0 Å². The molecule has 1 unspecified atom stereocenters. The zero-order chi connectivity index (χ0) is 12.7. The summed E-state index contributed by atoms with van der Waals surface area (Å²) >= 11 is 0. The summed E-state index contributed by atoms with van der Waals surface area (Å²) in [7, 11) is 0. The molecule has 2 heteroatoms. The lowest BCUT2D eigenvalue weighted by atomic mass is 9.87. The van der Waals surface area contributed by atoms with E-state index in [4.69, 9.17) is 4.74 Å². The molecule has 2 nitrogen and oxygen atoms in total. The van der Waals surface area contributed by atoms with Gasteiger partial charge in [0.1, 0.15) is 6.10 Å². The van der Waals surface area contributed by atoms with E-state index < -0.39 is 0 Å². The largest absolute Gasteiger partial charge is 0.390 e. The highest BCUT2D eigenvalue weighted by Crippen LogP contribution is 2.43. The van der Waals surface area contributed by atoms with E-state index in [0.29, 0.717) is 0 Å². The molecular weight excluding hydrogens is 212 g/mol. The Bertz CT molecular complexity index is 354. The van der Waals surface area contributed by atoms with Crippen molar-refractivity contribution in [2.24, 2.45) is 5.41 Å². The van der Waals surface area contributed by atoms with Crippen molar-refractivity contribution in [2.75, 3.05) is 0 Å². The van der Waals surface area contributed by atoms with E-state index in [1.54, 1.807) is 0 Å². The van der Waals surface area contributed by atoms with Crippen molar-refractivity contribution in [1.29, 1.82) is 0 Å². The highest BCUT2D eigenvalue weighted by Gasteiger charge is 2.54. The van der Waals surface area contributed by atoms with Crippen LogP contribution >= 0.6 is 0 Å². The molecule has 3 atom stereocenters. The molecule has 0 aromatic heterocycles. The van der Waals surface area contributed by atoms with E-state index in [0.717, 1.165) is 19.3 Å². The minimum atomic E-state index is -0.356. The molecule has 96 valence electrons. The van der Waals surface area contributed by atoms with Crippen LogP contribution in [-0.2, 0) is 4.74 Å². The number of rotatable bonds is 0. The predicted octanol–water partition coefficient (Wildman–Crippen LogP) is 3.22. The normalized spacial score (nSPS) is 46.1. The molecule has 0 saturated carbocycles. The fourth-order valence-electron chi connectivity index (χ4n) is 2.54. The molecule has 1 saturated heterocycles. The van der Waals surface area contributed by atoms with Gasteiger partial charge in [-0.25, -0.2) is 0 Å². The Morgan fingerprint density at radius 3 is 2.71 bits per heavy atom. The molecule has 0 amide bonds. The van der Waals surface area contributed by atoms with Gasteiger partial charge in [0, 0.05) is 0 Å². The van der Waals surface area contributed by atoms with Gasteiger partial charge in [0.2, 0.25) is 0 Å². The average molecular weight is 236 g/mol. The quantitative estimate of drug-likeness (QED) is 0.517. The lowest BCUT2D eigenvalue weighted by Gasteiger charge is -2.18. The molecule has 0 radical (unpaired) electrons. The number of aliphatic hydroxyl groups is 1. The summed E-state index contributed by atoms with van der Waals surface area (Å²) in [6.07, 6.45) is 9.05. The van der Waals surface area contributed by atoms with E-state index in [-0.39, 0.29) is 23.2 Å². The summed E-state index contributed by atoms with van der Waals surface area (Å²) in [4.78, 5) is 0. The van der Waals surface area contributed by atoms with Crippen LogP contribution in [0.1, 0.15) is 47.0 Å². The highest BCUT2D eigenvalue weighted by atomic mass is 16.6. The fourth-order valence-corrected chi connectivity index (χ4v) is 2.54. The molecule has 1 aliphatic heterocycles. The number of aliphatic hydroxyl groups excluding tert-OH is 1. The zero-order valence-corrected chi connectivity index (χ0v) is 11.4. The second kappa shape index (κ2) is 4.25. The second-order valence-corrected chi connectivity index (χ2v) is 6.47. The van der Waals surface area contributed by atoms with Gasteiger partial charge >= 0.3 is 0 Å². The molecule has 0 spiro atoms. The Balaban J connectivity index is 2.17. The van der Waals surface area contributed by atoms with E-state index in [2.05, 4.69) is 45.9 Å². The third-order valence-corrected chi connectivity index (χ3v) is 3.89. The molecule has 17 heavy (non-hydrogen) atoms. The molecule has 2 aliphatic rings. The summed E-state index contributed by atoms with van der Waals surface area (Å²) in [5.41, 5.74) is 1.31. The lowest BCUT2D eigenvalue weighted by Crippen LogP contribution is -2.22. The maximum absolute atomic E-state index is 10.1. The summed E-state index contributed by atoms with van der Waals surface area (Å²) in [5, 5.41) is 10.1. The number of hydrogen-bond donors (Lipinski definition) is 1. The van der Waals surface area contributed by atoms with Gasteiger partial charge in [-0.15, -0.1) is 0 Å². The van der Waals surface area contributed by atoms with Crippen molar-refractivity contribution >= 4 is 0 Å². The molecule has 0 bridgehead atoms. The molecule has 1 heterocycles. The van der Waals surface area contributed by atoms with Crippen LogP contribution in [0.5, 0.6) is 0 Å². The van der Waals surface area contributed by atoms with Gasteiger partial charge in [-0.3, -0.25) is 0 Å². The Hall–Kier alpha value is -0.600. The first-order chi connectivity index (χ1) is 7.82. The van der Waals surface area contributed by atoms with Crippen molar-refractivity contribution in [1.82, 2.24) is 0 Å². The van der Waals surface area contributed by atoms with E-state index in [1.807, 2.05) is 0 Å².